The van der Waals surface area contributed by atoms with Crippen molar-refractivity contribution >= 4 is 35.0 Å². The predicted molar refractivity (Wildman–Crippen MR) is 154 cm³/mol. The van der Waals surface area contributed by atoms with Crippen LogP contribution < -0.4 is 4.90 Å². The maximum absolute atomic E-state index is 14.2. The lowest BCUT2D eigenvalue weighted by Crippen LogP contribution is -2.44. The van der Waals surface area contributed by atoms with E-state index in [9.17, 15) is 27.6 Å². The maximum atomic E-state index is 14.2. The number of amides is 3. The number of hydrogen-bond donors (Lipinski definition) is 0. The fourth-order valence-corrected chi connectivity index (χ4v) is 6.71. The SMILES string of the molecule is CC(=O)N1CCC(C(=O)N(CCCN2CC3CN(C(=O)c4ccc(F)c(F)c4F)CC3C2)c2ccc(C)c(Cl)c2)CC1. The molecule has 0 N–H and O–H groups in total. The summed E-state index contributed by atoms with van der Waals surface area (Å²) in [5.74, 6) is -4.67. The van der Waals surface area contributed by atoms with Crippen molar-refractivity contribution in [3.8, 4) is 0 Å². The van der Waals surface area contributed by atoms with Crippen molar-refractivity contribution in [3.05, 3.63) is 63.9 Å². The van der Waals surface area contributed by atoms with Crippen LogP contribution in [0.15, 0.2) is 30.3 Å². The van der Waals surface area contributed by atoms with Gasteiger partial charge in [-0.05, 0) is 74.4 Å². The average Bonchev–Trinajstić information content (AvgIpc) is 3.54. The quantitative estimate of drug-likeness (QED) is 0.428. The number of halogens is 4. The molecule has 7 nitrogen and oxygen atoms in total. The van der Waals surface area contributed by atoms with E-state index in [0.29, 0.717) is 50.6 Å². The summed E-state index contributed by atoms with van der Waals surface area (Å²) in [7, 11) is 0. The van der Waals surface area contributed by atoms with Crippen LogP contribution in [-0.4, -0.2) is 84.8 Å². The Morgan fingerprint density at radius 1 is 0.929 bits per heavy atom. The number of hydrogen-bond acceptors (Lipinski definition) is 4. The van der Waals surface area contributed by atoms with Crippen molar-refractivity contribution in [2.75, 3.05) is 57.3 Å². The molecule has 0 aromatic heterocycles. The van der Waals surface area contributed by atoms with Crippen molar-refractivity contribution in [1.29, 1.82) is 0 Å². The van der Waals surface area contributed by atoms with E-state index < -0.39 is 28.9 Å². The van der Waals surface area contributed by atoms with Crippen molar-refractivity contribution in [2.24, 2.45) is 17.8 Å². The highest BCUT2D eigenvalue weighted by atomic mass is 35.5. The highest BCUT2D eigenvalue weighted by Crippen LogP contribution is 2.33. The van der Waals surface area contributed by atoms with Gasteiger partial charge in [0.05, 0.1) is 5.56 Å². The van der Waals surface area contributed by atoms with Gasteiger partial charge in [0.25, 0.3) is 5.91 Å². The van der Waals surface area contributed by atoms with Crippen molar-refractivity contribution in [1.82, 2.24) is 14.7 Å². The molecular weight excluding hydrogens is 569 g/mol. The number of rotatable bonds is 7. The zero-order valence-corrected chi connectivity index (χ0v) is 24.7. The van der Waals surface area contributed by atoms with Crippen molar-refractivity contribution < 1.29 is 27.6 Å². The van der Waals surface area contributed by atoms with Crippen LogP contribution in [0.1, 0.15) is 42.1 Å². The molecule has 226 valence electrons. The van der Waals surface area contributed by atoms with Gasteiger partial charge in [-0.15, -0.1) is 0 Å². The molecule has 2 unspecified atom stereocenters. The predicted octanol–water partition coefficient (Wildman–Crippen LogP) is 4.75. The summed E-state index contributed by atoms with van der Waals surface area (Å²) in [5, 5.41) is 0.603. The van der Waals surface area contributed by atoms with Gasteiger partial charge >= 0.3 is 0 Å². The average molecular weight is 605 g/mol. The number of benzene rings is 2. The molecule has 3 amide bonds. The maximum Gasteiger partial charge on any atom is 0.256 e. The van der Waals surface area contributed by atoms with E-state index in [4.69, 9.17) is 11.6 Å². The Morgan fingerprint density at radius 3 is 2.21 bits per heavy atom. The van der Waals surface area contributed by atoms with E-state index in [2.05, 4.69) is 4.90 Å². The Hall–Kier alpha value is -3.11. The lowest BCUT2D eigenvalue weighted by molar-refractivity contribution is -0.133. The molecule has 0 bridgehead atoms. The Labute approximate surface area is 249 Å². The third-order valence-electron chi connectivity index (χ3n) is 8.99. The first kappa shape index (κ1) is 30.4. The first-order valence-electron chi connectivity index (χ1n) is 14.5. The molecule has 11 heteroatoms. The smallest absolute Gasteiger partial charge is 0.256 e. The van der Waals surface area contributed by atoms with Crippen LogP contribution in [-0.2, 0) is 9.59 Å². The molecule has 2 aromatic carbocycles. The van der Waals surface area contributed by atoms with Gasteiger partial charge in [0, 0.05) is 69.4 Å². The van der Waals surface area contributed by atoms with Gasteiger partial charge in [0.15, 0.2) is 17.5 Å². The first-order valence-corrected chi connectivity index (χ1v) is 14.9. The molecule has 0 saturated carbocycles. The van der Waals surface area contributed by atoms with Crippen LogP contribution in [0.4, 0.5) is 18.9 Å². The molecule has 42 heavy (non-hydrogen) atoms. The molecule has 3 aliphatic rings. The molecule has 3 fully saturated rings. The van der Waals surface area contributed by atoms with Crippen LogP contribution in [0.25, 0.3) is 0 Å². The van der Waals surface area contributed by atoms with Gasteiger partial charge in [-0.2, -0.15) is 0 Å². The number of likely N-dealkylation sites (tertiary alicyclic amines) is 3. The summed E-state index contributed by atoms with van der Waals surface area (Å²) < 4.78 is 41.2. The topological polar surface area (TPSA) is 64.2 Å². The number of carbonyl (C=O) groups is 3. The normalized spacial score (nSPS) is 21.1. The van der Waals surface area contributed by atoms with Gasteiger partial charge < -0.3 is 19.6 Å². The highest BCUT2D eigenvalue weighted by Gasteiger charge is 2.42. The number of carbonyl (C=O) groups excluding carboxylic acids is 3. The largest absolute Gasteiger partial charge is 0.343 e. The summed E-state index contributed by atoms with van der Waals surface area (Å²) >= 11 is 6.42. The Kier molecular flexibility index (Phi) is 9.13. The Morgan fingerprint density at radius 2 is 1.60 bits per heavy atom. The molecule has 0 spiro atoms. The van der Waals surface area contributed by atoms with E-state index in [1.807, 2.05) is 30.0 Å². The number of anilines is 1. The van der Waals surface area contributed by atoms with E-state index >= 15 is 0 Å². The van der Waals surface area contributed by atoms with Gasteiger partial charge in [-0.3, -0.25) is 14.4 Å². The van der Waals surface area contributed by atoms with E-state index in [1.54, 1.807) is 11.8 Å². The minimum atomic E-state index is -1.63. The van der Waals surface area contributed by atoms with E-state index in [-0.39, 0.29) is 29.6 Å². The Balaban J connectivity index is 1.17. The number of aryl methyl sites for hydroxylation is 1. The summed E-state index contributed by atoms with van der Waals surface area (Å²) in [5.41, 5.74) is 1.26. The van der Waals surface area contributed by atoms with Crippen LogP contribution >= 0.6 is 11.6 Å². The number of piperidine rings is 1. The molecule has 3 saturated heterocycles. The van der Waals surface area contributed by atoms with Crippen LogP contribution in [0.2, 0.25) is 5.02 Å². The summed E-state index contributed by atoms with van der Waals surface area (Å²) in [6.07, 6.45) is 2.01. The second kappa shape index (κ2) is 12.6. The fourth-order valence-electron chi connectivity index (χ4n) is 6.53. The van der Waals surface area contributed by atoms with Crippen molar-refractivity contribution in [3.63, 3.8) is 0 Å². The van der Waals surface area contributed by atoms with Crippen LogP contribution in [0.5, 0.6) is 0 Å². The lowest BCUT2D eigenvalue weighted by Gasteiger charge is -2.34. The van der Waals surface area contributed by atoms with Crippen molar-refractivity contribution in [2.45, 2.75) is 33.1 Å². The van der Waals surface area contributed by atoms with Gasteiger partial charge in [-0.25, -0.2) is 13.2 Å². The third-order valence-corrected chi connectivity index (χ3v) is 9.40. The zero-order chi connectivity index (χ0) is 30.1. The molecule has 2 aromatic rings. The Bertz CT molecular complexity index is 1350. The molecule has 2 atom stereocenters. The summed E-state index contributed by atoms with van der Waals surface area (Å²) in [6.45, 7) is 8.32. The monoisotopic (exact) mass is 604 g/mol. The van der Waals surface area contributed by atoms with Crippen LogP contribution in [0.3, 0.4) is 0 Å². The molecule has 0 radical (unpaired) electrons. The molecule has 0 aliphatic carbocycles. The lowest BCUT2D eigenvalue weighted by atomic mass is 9.94. The minimum absolute atomic E-state index is 0.0301. The molecular formula is C31H36ClF3N4O3. The van der Waals surface area contributed by atoms with Gasteiger partial charge in [0.1, 0.15) is 0 Å². The van der Waals surface area contributed by atoms with Gasteiger partial charge in [0.2, 0.25) is 11.8 Å². The van der Waals surface area contributed by atoms with Gasteiger partial charge in [-0.1, -0.05) is 17.7 Å². The zero-order valence-electron chi connectivity index (χ0n) is 23.9. The minimum Gasteiger partial charge on any atom is -0.343 e. The second-order valence-electron chi connectivity index (χ2n) is 11.8. The van der Waals surface area contributed by atoms with Crippen LogP contribution in [0, 0.1) is 42.1 Å². The van der Waals surface area contributed by atoms with E-state index in [0.717, 1.165) is 49.4 Å². The fraction of sp³-hybridized carbons (Fsp3) is 0.516. The van der Waals surface area contributed by atoms with E-state index in [1.165, 1.54) is 4.90 Å². The third kappa shape index (κ3) is 6.29. The molecule has 5 rings (SSSR count). The standard InChI is InChI=1S/C31H36ClF3N4O3/c1-19-4-5-24(14-26(19)32)39(30(41)21-8-12-37(13-9-21)20(2)40)11-3-10-36-15-22-17-38(18-23(22)16-36)31(42)25-6-7-27(33)29(35)28(25)34/h4-7,14,21-23H,3,8-13,15-18H2,1-2H3. The first-order chi connectivity index (χ1) is 20.0. The molecule has 3 aliphatic heterocycles. The highest BCUT2D eigenvalue weighted by molar-refractivity contribution is 6.31. The number of fused-ring (bicyclic) bond motifs is 1. The summed E-state index contributed by atoms with van der Waals surface area (Å²) in [4.78, 5) is 45.7. The second-order valence-corrected chi connectivity index (χ2v) is 12.2. The summed E-state index contributed by atoms with van der Waals surface area (Å²) in [6, 6.07) is 7.44. The number of nitrogens with zero attached hydrogens (tertiary/aromatic N) is 4. The molecule has 3 heterocycles.